The molecule has 0 N–H and O–H groups in total. The molecule has 0 amide bonds. The second kappa shape index (κ2) is 6.45. The van der Waals surface area contributed by atoms with Crippen molar-refractivity contribution in [3.8, 4) is 0 Å². The van der Waals surface area contributed by atoms with Crippen LogP contribution in [0.25, 0.3) is 0 Å². The number of ether oxygens (including phenoxy) is 1. The van der Waals surface area contributed by atoms with E-state index in [9.17, 15) is 8.42 Å². The highest BCUT2D eigenvalue weighted by molar-refractivity contribution is 9.10. The van der Waals surface area contributed by atoms with Gasteiger partial charge >= 0.3 is 0 Å². The van der Waals surface area contributed by atoms with Gasteiger partial charge in [-0.15, -0.1) is 0 Å². The quantitative estimate of drug-likeness (QED) is 0.646. The zero-order valence-corrected chi connectivity index (χ0v) is 16.4. The number of halogens is 3. The van der Waals surface area contributed by atoms with E-state index in [1.165, 1.54) is 10.4 Å². The molecule has 1 fully saturated rings. The summed E-state index contributed by atoms with van der Waals surface area (Å²) in [5, 5.41) is 0.792. The topological polar surface area (TPSA) is 46.6 Å². The first-order chi connectivity index (χ1) is 9.65. The van der Waals surface area contributed by atoms with Gasteiger partial charge in [0.15, 0.2) is 0 Å². The molecule has 0 bridgehead atoms. The fraction of sp³-hybridized carbons (Fsp3) is 0.538. The number of hydrogen-bond acceptors (Lipinski definition) is 3. The van der Waals surface area contributed by atoms with Gasteiger partial charge in [-0.25, -0.2) is 8.42 Å². The molecule has 0 aliphatic carbocycles. The van der Waals surface area contributed by atoms with Crippen LogP contribution in [-0.4, -0.2) is 42.8 Å². The Balaban J connectivity index is 2.38. The number of alkyl halides is 1. The Kier molecular flexibility index (Phi) is 5.43. The average molecular weight is 462 g/mol. The van der Waals surface area contributed by atoms with Gasteiger partial charge in [-0.05, 0) is 32.0 Å². The SMILES string of the molecule is CC1(C)CN(S(=O)(=O)c2ccc(Br)cc2Cl)CC(CBr)O1. The van der Waals surface area contributed by atoms with Gasteiger partial charge in [-0.2, -0.15) is 4.31 Å². The van der Waals surface area contributed by atoms with Gasteiger partial charge < -0.3 is 4.74 Å². The first-order valence-electron chi connectivity index (χ1n) is 6.35. The van der Waals surface area contributed by atoms with Crippen LogP contribution in [0.5, 0.6) is 0 Å². The predicted molar refractivity (Wildman–Crippen MR) is 90.7 cm³/mol. The Morgan fingerprint density at radius 3 is 2.71 bits per heavy atom. The second-order valence-electron chi connectivity index (χ2n) is 5.53. The summed E-state index contributed by atoms with van der Waals surface area (Å²) in [5.41, 5.74) is -0.536. The van der Waals surface area contributed by atoms with Gasteiger partial charge in [0.25, 0.3) is 0 Å². The van der Waals surface area contributed by atoms with Crippen molar-refractivity contribution in [1.29, 1.82) is 0 Å². The van der Waals surface area contributed by atoms with Crippen molar-refractivity contribution < 1.29 is 13.2 Å². The minimum Gasteiger partial charge on any atom is -0.369 e. The van der Waals surface area contributed by atoms with E-state index < -0.39 is 15.6 Å². The van der Waals surface area contributed by atoms with Crippen molar-refractivity contribution in [2.24, 2.45) is 0 Å². The van der Waals surface area contributed by atoms with Crippen molar-refractivity contribution in [1.82, 2.24) is 4.31 Å². The Morgan fingerprint density at radius 1 is 1.48 bits per heavy atom. The molecule has 0 saturated carbocycles. The first-order valence-corrected chi connectivity index (χ1v) is 10.1. The van der Waals surface area contributed by atoms with Crippen molar-refractivity contribution in [2.45, 2.75) is 30.4 Å². The van der Waals surface area contributed by atoms with Crippen molar-refractivity contribution in [3.05, 3.63) is 27.7 Å². The number of morpholine rings is 1. The highest BCUT2D eigenvalue weighted by Crippen LogP contribution is 2.31. The van der Waals surface area contributed by atoms with Crippen LogP contribution in [0.3, 0.4) is 0 Å². The molecule has 0 aromatic heterocycles. The lowest BCUT2D eigenvalue weighted by Crippen LogP contribution is -2.55. The van der Waals surface area contributed by atoms with Crippen LogP contribution < -0.4 is 0 Å². The minimum atomic E-state index is -3.64. The van der Waals surface area contributed by atoms with E-state index in [-0.39, 0.29) is 16.0 Å². The third-order valence-corrected chi connectivity index (χ3v) is 6.64. The van der Waals surface area contributed by atoms with E-state index in [1.807, 2.05) is 13.8 Å². The maximum Gasteiger partial charge on any atom is 0.244 e. The summed E-state index contributed by atoms with van der Waals surface area (Å²) in [6, 6.07) is 4.78. The Labute approximate surface area is 147 Å². The molecule has 0 radical (unpaired) electrons. The molecule has 1 atom stereocenters. The summed E-state index contributed by atoms with van der Waals surface area (Å²) in [4.78, 5) is 0.124. The second-order valence-corrected chi connectivity index (χ2v) is 9.40. The highest BCUT2D eigenvalue weighted by atomic mass is 79.9. The van der Waals surface area contributed by atoms with Gasteiger partial charge in [-0.3, -0.25) is 0 Å². The summed E-state index contributed by atoms with van der Waals surface area (Å²) in [7, 11) is -3.64. The summed E-state index contributed by atoms with van der Waals surface area (Å²) in [6.45, 7) is 4.37. The van der Waals surface area contributed by atoms with Crippen molar-refractivity contribution >= 4 is 53.5 Å². The Morgan fingerprint density at radius 2 is 2.14 bits per heavy atom. The molecule has 1 aliphatic rings. The summed E-state index contributed by atoms with van der Waals surface area (Å²) >= 11 is 12.7. The molecule has 2 rings (SSSR count). The molecule has 1 aromatic rings. The molecule has 1 unspecified atom stereocenters. The predicted octanol–water partition coefficient (Wildman–Crippen LogP) is 3.67. The molecule has 4 nitrogen and oxygen atoms in total. The molecule has 1 aromatic carbocycles. The molecule has 118 valence electrons. The molecule has 8 heteroatoms. The smallest absolute Gasteiger partial charge is 0.244 e. The van der Waals surface area contributed by atoms with Gasteiger partial charge in [0.1, 0.15) is 4.90 Å². The monoisotopic (exact) mass is 459 g/mol. The fourth-order valence-corrected chi connectivity index (χ4v) is 5.30. The fourth-order valence-electron chi connectivity index (χ4n) is 2.33. The highest BCUT2D eigenvalue weighted by Gasteiger charge is 2.39. The summed E-state index contributed by atoms with van der Waals surface area (Å²) in [5.74, 6) is 0. The number of benzene rings is 1. The maximum atomic E-state index is 12.8. The normalized spacial score (nSPS) is 23.2. The molecule has 1 heterocycles. The molecular formula is C13H16Br2ClNO3S. The van der Waals surface area contributed by atoms with Gasteiger partial charge in [0.05, 0.1) is 16.7 Å². The number of nitrogens with zero attached hydrogens (tertiary/aromatic N) is 1. The van der Waals surface area contributed by atoms with E-state index in [4.69, 9.17) is 16.3 Å². The lowest BCUT2D eigenvalue weighted by atomic mass is 10.1. The standard InChI is InChI=1S/C13H16Br2ClNO3S/c1-13(2)8-17(7-10(6-14)20-13)21(18,19)12-4-3-9(15)5-11(12)16/h3-5,10H,6-8H2,1-2H3. The zero-order chi connectivity index (χ0) is 15.8. The average Bonchev–Trinajstić information content (AvgIpc) is 2.36. The third-order valence-electron chi connectivity index (χ3n) is 3.13. The first kappa shape index (κ1) is 17.7. The van der Waals surface area contributed by atoms with Crippen molar-refractivity contribution in [2.75, 3.05) is 18.4 Å². The molecule has 0 spiro atoms. The molecule has 21 heavy (non-hydrogen) atoms. The van der Waals surface area contributed by atoms with Crippen LogP contribution in [0.2, 0.25) is 5.02 Å². The Hall–Kier alpha value is 0.340. The minimum absolute atomic E-state index is 0.124. The van der Waals surface area contributed by atoms with E-state index in [1.54, 1.807) is 12.1 Å². The summed E-state index contributed by atoms with van der Waals surface area (Å²) in [6.07, 6.45) is -0.183. The van der Waals surface area contributed by atoms with Crippen molar-refractivity contribution in [3.63, 3.8) is 0 Å². The number of hydrogen-bond donors (Lipinski definition) is 0. The molecular weight excluding hydrogens is 445 g/mol. The molecule has 1 aliphatic heterocycles. The van der Waals surface area contributed by atoms with E-state index in [0.29, 0.717) is 18.4 Å². The maximum absolute atomic E-state index is 12.8. The van der Waals surface area contributed by atoms with E-state index in [2.05, 4.69) is 31.9 Å². The zero-order valence-electron chi connectivity index (χ0n) is 11.6. The largest absolute Gasteiger partial charge is 0.369 e. The van der Waals surface area contributed by atoms with Gasteiger partial charge in [0, 0.05) is 22.9 Å². The van der Waals surface area contributed by atoms with Gasteiger partial charge in [-0.1, -0.05) is 43.5 Å². The number of rotatable bonds is 3. The van der Waals surface area contributed by atoms with Crippen LogP contribution in [0.4, 0.5) is 0 Å². The van der Waals surface area contributed by atoms with E-state index in [0.717, 1.165) is 4.47 Å². The lowest BCUT2D eigenvalue weighted by Gasteiger charge is -2.41. The van der Waals surface area contributed by atoms with Crippen LogP contribution in [-0.2, 0) is 14.8 Å². The van der Waals surface area contributed by atoms with E-state index >= 15 is 0 Å². The van der Waals surface area contributed by atoms with Crippen LogP contribution in [0.1, 0.15) is 13.8 Å². The number of sulfonamides is 1. The lowest BCUT2D eigenvalue weighted by molar-refractivity contribution is -0.106. The van der Waals surface area contributed by atoms with Crippen LogP contribution in [0.15, 0.2) is 27.6 Å². The van der Waals surface area contributed by atoms with Crippen LogP contribution >= 0.6 is 43.5 Å². The summed E-state index contributed by atoms with van der Waals surface area (Å²) < 4.78 is 33.7. The van der Waals surface area contributed by atoms with Crippen LogP contribution in [0, 0.1) is 0 Å². The van der Waals surface area contributed by atoms with Gasteiger partial charge in [0.2, 0.25) is 10.0 Å². The Bertz CT molecular complexity index is 636. The molecule has 1 saturated heterocycles. The third kappa shape index (κ3) is 4.00.